The molecule has 132 valence electrons. The van der Waals surface area contributed by atoms with Gasteiger partial charge in [-0.2, -0.15) is 5.26 Å². The van der Waals surface area contributed by atoms with Crippen LogP contribution in [0.2, 0.25) is 0 Å². The third kappa shape index (κ3) is 3.02. The van der Waals surface area contributed by atoms with Gasteiger partial charge in [0.05, 0.1) is 17.9 Å². The molecule has 0 bridgehead atoms. The molecular weight excluding hydrogens is 353 g/mol. The molecule has 0 aliphatic carbocycles. The van der Waals surface area contributed by atoms with Crippen molar-refractivity contribution in [3.05, 3.63) is 70.4 Å². The van der Waals surface area contributed by atoms with Gasteiger partial charge in [0, 0.05) is 12.3 Å². The molecule has 4 rings (SSSR count). The van der Waals surface area contributed by atoms with Crippen LogP contribution in [0.5, 0.6) is 0 Å². The van der Waals surface area contributed by atoms with Crippen molar-refractivity contribution in [2.24, 2.45) is 0 Å². The number of nitriles is 1. The predicted octanol–water partition coefficient (Wildman–Crippen LogP) is 2.22. The van der Waals surface area contributed by atoms with E-state index in [-0.39, 0.29) is 18.1 Å². The first-order valence-corrected chi connectivity index (χ1v) is 9.33. The zero-order valence-electron chi connectivity index (χ0n) is 13.9. The number of hydrogen-bond acceptors (Lipinski definition) is 4. The number of amides is 1. The van der Waals surface area contributed by atoms with Gasteiger partial charge < -0.3 is 9.32 Å². The van der Waals surface area contributed by atoms with Crippen LogP contribution < -0.4 is 4.90 Å². The highest BCUT2D eigenvalue weighted by atomic mass is 32.2. The molecule has 1 aromatic carbocycles. The van der Waals surface area contributed by atoms with Crippen LogP contribution in [0.4, 0.5) is 4.39 Å². The van der Waals surface area contributed by atoms with Crippen molar-refractivity contribution in [1.82, 2.24) is 4.90 Å². The molecule has 2 atom stereocenters. The second-order valence-electron chi connectivity index (χ2n) is 6.38. The summed E-state index contributed by atoms with van der Waals surface area (Å²) in [6.07, 6.45) is 1.75. The summed E-state index contributed by atoms with van der Waals surface area (Å²) >= 11 is 1.48. The molecule has 7 heteroatoms. The highest BCUT2D eigenvalue weighted by molar-refractivity contribution is 8.02. The number of allylic oxidation sites excluding steroid dienone is 1. The quantitative estimate of drug-likeness (QED) is 0.900. The van der Waals surface area contributed by atoms with Gasteiger partial charge in [0.2, 0.25) is 5.91 Å². The second-order valence-corrected chi connectivity index (χ2v) is 7.35. The number of rotatable bonds is 3. The number of benzene rings is 1. The lowest BCUT2D eigenvalue weighted by Gasteiger charge is -2.38. The molecule has 2 aliphatic rings. The normalized spacial score (nSPS) is 22.9. The molecule has 26 heavy (non-hydrogen) atoms. The number of hydrogen-bond donors (Lipinski definition) is 1. The van der Waals surface area contributed by atoms with Gasteiger partial charge in [-0.05, 0) is 35.5 Å². The van der Waals surface area contributed by atoms with Crippen LogP contribution in [0.25, 0.3) is 0 Å². The van der Waals surface area contributed by atoms with Crippen molar-refractivity contribution in [1.29, 1.82) is 5.26 Å². The van der Waals surface area contributed by atoms with Crippen LogP contribution in [-0.4, -0.2) is 23.4 Å². The Morgan fingerprint density at radius 3 is 2.92 bits per heavy atom. The number of carbonyl (C=O) groups is 1. The lowest BCUT2D eigenvalue weighted by molar-refractivity contribution is -0.911. The van der Waals surface area contributed by atoms with Crippen molar-refractivity contribution in [2.45, 2.75) is 18.9 Å². The van der Waals surface area contributed by atoms with E-state index in [0.717, 1.165) is 11.6 Å². The number of nitrogens with zero attached hydrogens (tertiary/aromatic N) is 2. The van der Waals surface area contributed by atoms with Gasteiger partial charge >= 0.3 is 0 Å². The molecule has 1 amide bonds. The summed E-state index contributed by atoms with van der Waals surface area (Å²) in [6, 6.07) is 12.4. The molecular formula is C19H17FN3O2S+. The van der Waals surface area contributed by atoms with Gasteiger partial charge in [-0.3, -0.25) is 9.69 Å². The molecule has 0 spiro atoms. The SMILES string of the molecule is N#CC1=C2SC[NH+](Cc3ccco3)CN2C(=O)C[C@@H]1c1ccccc1F. The van der Waals surface area contributed by atoms with Gasteiger partial charge in [-0.1, -0.05) is 18.2 Å². The Morgan fingerprint density at radius 2 is 2.19 bits per heavy atom. The molecule has 2 aliphatic heterocycles. The van der Waals surface area contributed by atoms with Crippen molar-refractivity contribution in [3.63, 3.8) is 0 Å². The second kappa shape index (κ2) is 6.98. The average molecular weight is 370 g/mol. The number of halogens is 1. The topological polar surface area (TPSA) is 61.7 Å². The largest absolute Gasteiger partial charge is 0.463 e. The van der Waals surface area contributed by atoms with Crippen LogP contribution in [0, 0.1) is 17.1 Å². The summed E-state index contributed by atoms with van der Waals surface area (Å²) in [5, 5.41) is 10.4. The fourth-order valence-electron chi connectivity index (χ4n) is 3.47. The minimum Gasteiger partial charge on any atom is -0.463 e. The zero-order chi connectivity index (χ0) is 18.1. The highest BCUT2D eigenvalue weighted by Crippen LogP contribution is 2.41. The van der Waals surface area contributed by atoms with E-state index in [1.807, 2.05) is 12.1 Å². The predicted molar refractivity (Wildman–Crippen MR) is 93.9 cm³/mol. The monoisotopic (exact) mass is 370 g/mol. The van der Waals surface area contributed by atoms with Crippen molar-refractivity contribution >= 4 is 17.7 Å². The third-order valence-electron chi connectivity index (χ3n) is 4.70. The van der Waals surface area contributed by atoms with Gasteiger partial charge in [0.1, 0.15) is 23.3 Å². The standard InChI is InChI=1S/C19H16FN3O2S/c20-17-6-2-1-5-14(17)15-8-18(24)23-11-22(10-13-4-3-7-25-13)12-26-19(23)16(15)9-21/h1-7,15H,8,10-12H2/p+1/t15-/m1/s1. The van der Waals surface area contributed by atoms with Crippen LogP contribution in [0.3, 0.4) is 0 Å². The molecule has 1 unspecified atom stereocenters. The molecule has 0 saturated carbocycles. The van der Waals surface area contributed by atoms with Gasteiger partial charge in [0.15, 0.2) is 12.4 Å². The smallest absolute Gasteiger partial charge is 0.232 e. The number of thioether (sulfide) groups is 1. The molecule has 5 nitrogen and oxygen atoms in total. The first-order valence-electron chi connectivity index (χ1n) is 8.35. The fourth-order valence-corrected chi connectivity index (χ4v) is 4.67. The number of quaternary nitrogens is 1. The third-order valence-corrected chi connectivity index (χ3v) is 5.97. The Morgan fingerprint density at radius 1 is 1.35 bits per heavy atom. The summed E-state index contributed by atoms with van der Waals surface area (Å²) in [6.45, 7) is 1.16. The number of carbonyl (C=O) groups excluding carboxylic acids is 1. The van der Waals surface area contributed by atoms with Crippen LogP contribution >= 0.6 is 11.8 Å². The first kappa shape index (κ1) is 16.9. The van der Waals surface area contributed by atoms with Crippen LogP contribution in [0.15, 0.2) is 57.7 Å². The maximum atomic E-state index is 14.2. The Hall–Kier alpha value is -2.56. The zero-order valence-corrected chi connectivity index (χ0v) is 14.8. The van der Waals surface area contributed by atoms with Gasteiger partial charge in [-0.25, -0.2) is 4.39 Å². The molecule has 1 fully saturated rings. The van der Waals surface area contributed by atoms with E-state index in [1.54, 1.807) is 29.4 Å². The highest BCUT2D eigenvalue weighted by Gasteiger charge is 2.40. The Labute approximate surface area is 154 Å². The summed E-state index contributed by atoms with van der Waals surface area (Å²) in [5.41, 5.74) is 0.896. The summed E-state index contributed by atoms with van der Waals surface area (Å²) in [4.78, 5) is 15.6. The fraction of sp³-hybridized carbons (Fsp3) is 0.263. The Kier molecular flexibility index (Phi) is 4.53. The van der Waals surface area contributed by atoms with Crippen molar-refractivity contribution in [3.8, 4) is 6.07 Å². The van der Waals surface area contributed by atoms with Crippen LogP contribution in [0.1, 0.15) is 23.7 Å². The van der Waals surface area contributed by atoms with E-state index < -0.39 is 5.92 Å². The minimum absolute atomic E-state index is 0.0728. The molecule has 1 aromatic heterocycles. The van der Waals surface area contributed by atoms with E-state index in [9.17, 15) is 14.4 Å². The molecule has 1 saturated heterocycles. The van der Waals surface area contributed by atoms with Crippen molar-refractivity contribution in [2.75, 3.05) is 12.5 Å². The van der Waals surface area contributed by atoms with E-state index in [4.69, 9.17) is 4.42 Å². The van der Waals surface area contributed by atoms with E-state index in [2.05, 4.69) is 6.07 Å². The molecule has 1 N–H and O–H groups in total. The van der Waals surface area contributed by atoms with E-state index in [1.165, 1.54) is 22.7 Å². The Balaban J connectivity index is 1.63. The minimum atomic E-state index is -0.515. The van der Waals surface area contributed by atoms with Crippen LogP contribution in [-0.2, 0) is 11.3 Å². The van der Waals surface area contributed by atoms with Crippen molar-refractivity contribution < 1.29 is 18.5 Å². The molecule has 3 heterocycles. The van der Waals surface area contributed by atoms with E-state index >= 15 is 0 Å². The number of furan rings is 1. The average Bonchev–Trinajstić information content (AvgIpc) is 3.15. The number of fused-ring (bicyclic) bond motifs is 1. The number of nitrogens with one attached hydrogen (secondary N) is 1. The maximum absolute atomic E-state index is 14.2. The Bertz CT molecular complexity index is 904. The lowest BCUT2D eigenvalue weighted by atomic mass is 9.86. The summed E-state index contributed by atoms with van der Waals surface area (Å²) in [7, 11) is 0. The molecule has 0 radical (unpaired) electrons. The molecule has 2 aromatic rings. The van der Waals surface area contributed by atoms with Gasteiger partial charge in [-0.15, -0.1) is 0 Å². The summed E-state index contributed by atoms with van der Waals surface area (Å²) in [5.74, 6) is 0.616. The van der Waals surface area contributed by atoms with Gasteiger partial charge in [0.25, 0.3) is 0 Å². The summed E-state index contributed by atoms with van der Waals surface area (Å²) < 4.78 is 19.6. The first-order chi connectivity index (χ1) is 12.7. The van der Waals surface area contributed by atoms with E-state index in [0.29, 0.717) is 29.4 Å². The maximum Gasteiger partial charge on any atom is 0.232 e. The lowest BCUT2D eigenvalue weighted by Crippen LogP contribution is -3.12.